The summed E-state index contributed by atoms with van der Waals surface area (Å²) in [5, 5.41) is 14.6. The maximum Gasteiger partial charge on any atom is 0.255 e. The van der Waals surface area contributed by atoms with E-state index in [0.29, 0.717) is 12.1 Å². The Bertz CT molecular complexity index is 1180. The van der Waals surface area contributed by atoms with Gasteiger partial charge in [-0.25, -0.2) is 0 Å². The Kier molecular flexibility index (Phi) is 6.64. The molecule has 0 fully saturated rings. The van der Waals surface area contributed by atoms with Crippen LogP contribution in [0.2, 0.25) is 0 Å². The van der Waals surface area contributed by atoms with Crippen LogP contribution in [0.4, 0.5) is 5.69 Å². The van der Waals surface area contributed by atoms with Crippen LogP contribution in [-0.2, 0) is 12.3 Å². The number of hydrogen-bond donors (Lipinski definition) is 1. The van der Waals surface area contributed by atoms with Gasteiger partial charge in [0.1, 0.15) is 0 Å². The number of aryl methyl sites for hydroxylation is 1. The number of rotatable bonds is 8. The van der Waals surface area contributed by atoms with Crippen LogP contribution in [0.1, 0.15) is 21.5 Å². The number of nitrogens with one attached hydrogen (secondary N) is 1. The van der Waals surface area contributed by atoms with Gasteiger partial charge >= 0.3 is 0 Å². The third-order valence-electron chi connectivity index (χ3n) is 4.75. The maximum atomic E-state index is 12.5. The number of thiophene rings is 1. The Morgan fingerprint density at radius 2 is 1.94 bits per heavy atom. The maximum absolute atomic E-state index is 12.5. The van der Waals surface area contributed by atoms with Crippen LogP contribution < -0.4 is 5.32 Å². The highest BCUT2D eigenvalue weighted by molar-refractivity contribution is 7.98. The zero-order valence-electron chi connectivity index (χ0n) is 17.1. The van der Waals surface area contributed by atoms with E-state index >= 15 is 0 Å². The molecule has 1 N–H and O–H groups in total. The molecule has 2 aromatic heterocycles. The van der Waals surface area contributed by atoms with E-state index in [1.165, 1.54) is 0 Å². The van der Waals surface area contributed by atoms with E-state index in [9.17, 15) is 4.79 Å². The van der Waals surface area contributed by atoms with Crippen LogP contribution in [0.3, 0.4) is 0 Å². The molecule has 0 saturated carbocycles. The molecule has 2 heterocycles. The molecule has 0 aliphatic carbocycles. The molecule has 0 bridgehead atoms. The van der Waals surface area contributed by atoms with E-state index in [1.54, 1.807) is 23.1 Å². The normalized spacial score (nSPS) is 10.7. The first-order valence-electron chi connectivity index (χ1n) is 9.82. The topological polar surface area (TPSA) is 59.8 Å². The van der Waals surface area contributed by atoms with Gasteiger partial charge in [-0.05, 0) is 47.7 Å². The second-order valence-corrected chi connectivity index (χ2v) is 8.83. The minimum absolute atomic E-state index is 0.111. The molecule has 7 heteroatoms. The Labute approximate surface area is 189 Å². The Balaban J connectivity index is 1.42. The van der Waals surface area contributed by atoms with Crippen molar-refractivity contribution in [2.75, 3.05) is 5.32 Å². The molecule has 0 radical (unpaired) electrons. The number of allylic oxidation sites excluding steroid dienone is 1. The molecule has 4 aromatic rings. The average Bonchev–Trinajstić information content (AvgIpc) is 3.44. The Morgan fingerprint density at radius 1 is 1.13 bits per heavy atom. The van der Waals surface area contributed by atoms with Crippen molar-refractivity contribution in [3.8, 4) is 10.7 Å². The standard InChI is InChI=1S/C24H22N4OS2/c1-3-14-28-22(21-9-6-15-30-21)26-27-24(28)31-16-18-10-12-19(13-11-18)23(29)25-20-8-5-4-7-17(20)2/h3-13,15H,1,14,16H2,2H3,(H,25,29). The minimum Gasteiger partial charge on any atom is -0.322 e. The Hall–Kier alpha value is -3.16. The number of para-hydroxylation sites is 1. The molecule has 4 rings (SSSR count). The summed E-state index contributed by atoms with van der Waals surface area (Å²) >= 11 is 3.27. The number of nitrogens with zero attached hydrogens (tertiary/aromatic N) is 3. The third-order valence-corrected chi connectivity index (χ3v) is 6.65. The van der Waals surface area contributed by atoms with Crippen molar-refractivity contribution in [3.63, 3.8) is 0 Å². The fraction of sp³-hybridized carbons (Fsp3) is 0.125. The van der Waals surface area contributed by atoms with E-state index in [1.807, 2.05) is 79.0 Å². The number of anilines is 1. The van der Waals surface area contributed by atoms with Crippen LogP contribution >= 0.6 is 23.1 Å². The van der Waals surface area contributed by atoms with E-state index < -0.39 is 0 Å². The van der Waals surface area contributed by atoms with Crippen LogP contribution in [-0.4, -0.2) is 20.7 Å². The highest BCUT2D eigenvalue weighted by Crippen LogP contribution is 2.29. The number of thioether (sulfide) groups is 1. The lowest BCUT2D eigenvalue weighted by Gasteiger charge is -2.09. The van der Waals surface area contributed by atoms with Gasteiger partial charge in [0.15, 0.2) is 11.0 Å². The second kappa shape index (κ2) is 9.76. The first-order chi connectivity index (χ1) is 15.2. The molecule has 0 aliphatic heterocycles. The third kappa shape index (κ3) is 4.95. The lowest BCUT2D eigenvalue weighted by molar-refractivity contribution is 0.102. The zero-order valence-corrected chi connectivity index (χ0v) is 18.7. The molecule has 0 aliphatic rings. The van der Waals surface area contributed by atoms with E-state index in [4.69, 9.17) is 0 Å². The van der Waals surface area contributed by atoms with Gasteiger partial charge in [0.25, 0.3) is 5.91 Å². The van der Waals surface area contributed by atoms with Crippen molar-refractivity contribution in [2.24, 2.45) is 0 Å². The van der Waals surface area contributed by atoms with Gasteiger partial charge < -0.3 is 5.32 Å². The molecular weight excluding hydrogens is 424 g/mol. The summed E-state index contributed by atoms with van der Waals surface area (Å²) in [4.78, 5) is 13.6. The SMILES string of the molecule is C=CCn1c(SCc2ccc(C(=O)Nc3ccccc3C)cc2)nnc1-c1cccs1. The van der Waals surface area contributed by atoms with Crippen molar-refractivity contribution in [1.82, 2.24) is 14.8 Å². The number of benzene rings is 2. The molecule has 0 saturated heterocycles. The molecule has 31 heavy (non-hydrogen) atoms. The van der Waals surface area contributed by atoms with Gasteiger partial charge in [0.2, 0.25) is 0 Å². The molecule has 0 unspecified atom stereocenters. The average molecular weight is 447 g/mol. The van der Waals surface area contributed by atoms with E-state index in [2.05, 4.69) is 26.7 Å². The first-order valence-corrected chi connectivity index (χ1v) is 11.7. The molecule has 156 valence electrons. The van der Waals surface area contributed by atoms with Gasteiger partial charge in [-0.15, -0.1) is 28.1 Å². The van der Waals surface area contributed by atoms with Crippen LogP contribution in [0.15, 0.2) is 83.9 Å². The zero-order chi connectivity index (χ0) is 21.6. The summed E-state index contributed by atoms with van der Waals surface area (Å²) in [5.74, 6) is 1.49. The van der Waals surface area contributed by atoms with Gasteiger partial charge in [0, 0.05) is 23.5 Å². The molecule has 5 nitrogen and oxygen atoms in total. The van der Waals surface area contributed by atoms with Crippen molar-refractivity contribution in [2.45, 2.75) is 24.4 Å². The summed E-state index contributed by atoms with van der Waals surface area (Å²) in [7, 11) is 0. The predicted molar refractivity (Wildman–Crippen MR) is 129 cm³/mol. The smallest absolute Gasteiger partial charge is 0.255 e. The van der Waals surface area contributed by atoms with Gasteiger partial charge in [-0.3, -0.25) is 9.36 Å². The molecule has 1 amide bonds. The van der Waals surface area contributed by atoms with E-state index in [0.717, 1.165) is 38.4 Å². The van der Waals surface area contributed by atoms with Crippen LogP contribution in [0.25, 0.3) is 10.7 Å². The lowest BCUT2D eigenvalue weighted by atomic mass is 10.1. The highest BCUT2D eigenvalue weighted by atomic mass is 32.2. The number of aromatic nitrogens is 3. The number of amides is 1. The minimum atomic E-state index is -0.111. The fourth-order valence-corrected chi connectivity index (χ4v) is 4.71. The first kappa shape index (κ1) is 21.1. The second-order valence-electron chi connectivity index (χ2n) is 6.94. The van der Waals surface area contributed by atoms with Crippen LogP contribution in [0, 0.1) is 6.92 Å². The summed E-state index contributed by atoms with van der Waals surface area (Å²) in [6, 6.07) is 19.5. The monoisotopic (exact) mass is 446 g/mol. The number of hydrogen-bond acceptors (Lipinski definition) is 5. The summed E-state index contributed by atoms with van der Waals surface area (Å²) < 4.78 is 2.08. The van der Waals surface area contributed by atoms with Gasteiger partial charge in [-0.2, -0.15) is 0 Å². The predicted octanol–water partition coefficient (Wildman–Crippen LogP) is 6.05. The van der Waals surface area contributed by atoms with Gasteiger partial charge in [0.05, 0.1) is 4.88 Å². The molecule has 0 atom stereocenters. The molecule has 0 spiro atoms. The van der Waals surface area contributed by atoms with Crippen molar-refractivity contribution in [3.05, 3.63) is 95.4 Å². The van der Waals surface area contributed by atoms with Gasteiger partial charge in [-0.1, -0.05) is 54.2 Å². The summed E-state index contributed by atoms with van der Waals surface area (Å²) in [5.41, 5.74) is 3.61. The molecular formula is C24H22N4OS2. The van der Waals surface area contributed by atoms with Crippen molar-refractivity contribution < 1.29 is 4.79 Å². The molecule has 2 aromatic carbocycles. The Morgan fingerprint density at radius 3 is 2.65 bits per heavy atom. The fourth-order valence-electron chi connectivity index (χ4n) is 3.09. The summed E-state index contributed by atoms with van der Waals surface area (Å²) in [6.45, 7) is 6.49. The number of carbonyl (C=O) groups is 1. The summed E-state index contributed by atoms with van der Waals surface area (Å²) in [6.07, 6.45) is 1.85. The van der Waals surface area contributed by atoms with E-state index in [-0.39, 0.29) is 5.91 Å². The largest absolute Gasteiger partial charge is 0.322 e. The number of carbonyl (C=O) groups excluding carboxylic acids is 1. The lowest BCUT2D eigenvalue weighted by Crippen LogP contribution is -2.12. The van der Waals surface area contributed by atoms with Crippen molar-refractivity contribution in [1.29, 1.82) is 0 Å². The quantitative estimate of drug-likeness (QED) is 0.265. The van der Waals surface area contributed by atoms with Crippen LogP contribution in [0.5, 0.6) is 0 Å². The highest BCUT2D eigenvalue weighted by Gasteiger charge is 2.14. The van der Waals surface area contributed by atoms with Crippen molar-refractivity contribution >= 4 is 34.7 Å².